The van der Waals surface area contributed by atoms with Gasteiger partial charge in [0.15, 0.2) is 0 Å². The molecule has 1 aliphatic rings. The molecule has 0 spiro atoms. The summed E-state index contributed by atoms with van der Waals surface area (Å²) in [5.41, 5.74) is 0. The fraction of sp³-hybridized carbons (Fsp3) is 1.00. The molecule has 3 heteroatoms. The summed E-state index contributed by atoms with van der Waals surface area (Å²) in [7, 11) is 0. The Bertz CT molecular complexity index is 243. The molecule has 0 aromatic rings. The number of rotatable bonds is 11. The second kappa shape index (κ2) is 11.4. The fourth-order valence-corrected chi connectivity index (χ4v) is 3.13. The molecule has 0 saturated heterocycles. The minimum atomic E-state index is 0.429. The van der Waals surface area contributed by atoms with E-state index in [-0.39, 0.29) is 0 Å². The molecule has 126 valence electrons. The van der Waals surface area contributed by atoms with Crippen molar-refractivity contribution in [3.63, 3.8) is 0 Å². The van der Waals surface area contributed by atoms with E-state index in [2.05, 4.69) is 27.7 Å². The van der Waals surface area contributed by atoms with Crippen LogP contribution in [0, 0.1) is 17.8 Å². The summed E-state index contributed by atoms with van der Waals surface area (Å²) in [6.45, 7) is 12.8. The van der Waals surface area contributed by atoms with Crippen LogP contribution in [-0.4, -0.2) is 39.1 Å². The Balaban J connectivity index is 2.04. The standard InChI is InChI=1S/C18H36O3/c1-5-6-9-19-10-11-20-12-13-21-18-14-16(4)7-8-17(18)15(2)3/h15-18H,5-14H2,1-4H3. The van der Waals surface area contributed by atoms with Crippen LogP contribution in [0.5, 0.6) is 0 Å². The summed E-state index contributed by atoms with van der Waals surface area (Å²) < 4.78 is 17.2. The van der Waals surface area contributed by atoms with E-state index in [1.54, 1.807) is 0 Å². The molecular formula is C18H36O3. The lowest BCUT2D eigenvalue weighted by Gasteiger charge is -2.37. The third-order valence-corrected chi connectivity index (χ3v) is 4.54. The summed E-state index contributed by atoms with van der Waals surface area (Å²) in [6.07, 6.45) is 6.64. The number of hydrogen-bond acceptors (Lipinski definition) is 3. The van der Waals surface area contributed by atoms with E-state index in [1.807, 2.05) is 0 Å². The van der Waals surface area contributed by atoms with E-state index < -0.39 is 0 Å². The van der Waals surface area contributed by atoms with Crippen LogP contribution in [0.15, 0.2) is 0 Å². The molecule has 0 aromatic carbocycles. The van der Waals surface area contributed by atoms with Gasteiger partial charge in [0.2, 0.25) is 0 Å². The lowest BCUT2D eigenvalue weighted by atomic mass is 9.75. The van der Waals surface area contributed by atoms with Gasteiger partial charge in [-0.3, -0.25) is 0 Å². The Kier molecular flexibility index (Phi) is 10.3. The molecule has 3 nitrogen and oxygen atoms in total. The quantitative estimate of drug-likeness (QED) is 0.533. The van der Waals surface area contributed by atoms with Crippen molar-refractivity contribution in [2.75, 3.05) is 33.0 Å². The van der Waals surface area contributed by atoms with Crippen LogP contribution in [-0.2, 0) is 14.2 Å². The van der Waals surface area contributed by atoms with Crippen molar-refractivity contribution in [2.45, 2.75) is 65.9 Å². The molecule has 0 N–H and O–H groups in total. The van der Waals surface area contributed by atoms with Crippen LogP contribution in [0.2, 0.25) is 0 Å². The van der Waals surface area contributed by atoms with Gasteiger partial charge in [-0.25, -0.2) is 0 Å². The van der Waals surface area contributed by atoms with Gasteiger partial charge in [0.05, 0.1) is 32.5 Å². The van der Waals surface area contributed by atoms with Gasteiger partial charge >= 0.3 is 0 Å². The maximum atomic E-state index is 6.11. The van der Waals surface area contributed by atoms with Gasteiger partial charge in [0, 0.05) is 6.61 Å². The highest BCUT2D eigenvalue weighted by molar-refractivity contribution is 4.81. The van der Waals surface area contributed by atoms with Gasteiger partial charge in [-0.05, 0) is 37.0 Å². The second-order valence-electron chi connectivity index (χ2n) is 6.81. The van der Waals surface area contributed by atoms with Gasteiger partial charge in [-0.1, -0.05) is 40.5 Å². The molecule has 1 aliphatic carbocycles. The Morgan fingerprint density at radius 2 is 1.62 bits per heavy atom. The largest absolute Gasteiger partial charge is 0.379 e. The molecule has 0 bridgehead atoms. The van der Waals surface area contributed by atoms with Crippen LogP contribution < -0.4 is 0 Å². The Hall–Kier alpha value is -0.120. The molecule has 0 aromatic heterocycles. The molecule has 21 heavy (non-hydrogen) atoms. The fourth-order valence-electron chi connectivity index (χ4n) is 3.13. The SMILES string of the molecule is CCCCOCCOCCOC1CC(C)CCC1C(C)C. The maximum Gasteiger partial charge on any atom is 0.0704 e. The Labute approximate surface area is 131 Å². The molecule has 0 heterocycles. The van der Waals surface area contributed by atoms with Crippen LogP contribution in [0.25, 0.3) is 0 Å². The van der Waals surface area contributed by atoms with Gasteiger partial charge in [-0.15, -0.1) is 0 Å². The first kappa shape index (κ1) is 18.9. The van der Waals surface area contributed by atoms with Crippen molar-refractivity contribution >= 4 is 0 Å². The van der Waals surface area contributed by atoms with Crippen molar-refractivity contribution in [1.82, 2.24) is 0 Å². The predicted octanol–water partition coefficient (Wildman–Crippen LogP) is 4.30. The van der Waals surface area contributed by atoms with Crippen LogP contribution in [0.1, 0.15) is 59.8 Å². The van der Waals surface area contributed by atoms with Gasteiger partial charge < -0.3 is 14.2 Å². The molecule has 3 atom stereocenters. The summed E-state index contributed by atoms with van der Waals surface area (Å²) in [4.78, 5) is 0. The zero-order valence-corrected chi connectivity index (χ0v) is 14.6. The van der Waals surface area contributed by atoms with Crippen molar-refractivity contribution in [2.24, 2.45) is 17.8 Å². The predicted molar refractivity (Wildman–Crippen MR) is 87.6 cm³/mol. The van der Waals surface area contributed by atoms with E-state index in [4.69, 9.17) is 14.2 Å². The molecule has 3 unspecified atom stereocenters. The first-order chi connectivity index (χ1) is 10.1. The van der Waals surface area contributed by atoms with E-state index in [0.29, 0.717) is 25.9 Å². The third-order valence-electron chi connectivity index (χ3n) is 4.54. The molecule has 0 radical (unpaired) electrons. The average Bonchev–Trinajstić information content (AvgIpc) is 2.45. The summed E-state index contributed by atoms with van der Waals surface area (Å²) >= 11 is 0. The normalized spacial score (nSPS) is 26.4. The van der Waals surface area contributed by atoms with E-state index in [0.717, 1.165) is 37.4 Å². The molecule has 1 fully saturated rings. The molecule has 1 saturated carbocycles. The average molecular weight is 300 g/mol. The van der Waals surface area contributed by atoms with Crippen LogP contribution in [0.4, 0.5) is 0 Å². The molecule has 1 rings (SSSR count). The van der Waals surface area contributed by atoms with Crippen molar-refractivity contribution < 1.29 is 14.2 Å². The first-order valence-electron chi connectivity index (χ1n) is 8.92. The maximum absolute atomic E-state index is 6.11. The zero-order chi connectivity index (χ0) is 15.5. The summed E-state index contributed by atoms with van der Waals surface area (Å²) in [5, 5.41) is 0. The smallest absolute Gasteiger partial charge is 0.0704 e. The minimum absolute atomic E-state index is 0.429. The lowest BCUT2D eigenvalue weighted by Crippen LogP contribution is -2.35. The Morgan fingerprint density at radius 1 is 0.952 bits per heavy atom. The number of ether oxygens (including phenoxy) is 3. The van der Waals surface area contributed by atoms with Crippen LogP contribution in [0.3, 0.4) is 0 Å². The Morgan fingerprint density at radius 3 is 2.29 bits per heavy atom. The van der Waals surface area contributed by atoms with E-state index >= 15 is 0 Å². The molecule has 0 aliphatic heterocycles. The summed E-state index contributed by atoms with van der Waals surface area (Å²) in [5.74, 6) is 2.24. The van der Waals surface area contributed by atoms with Crippen LogP contribution >= 0.6 is 0 Å². The second-order valence-corrected chi connectivity index (χ2v) is 6.81. The minimum Gasteiger partial charge on any atom is -0.379 e. The van der Waals surface area contributed by atoms with Gasteiger partial charge in [0.1, 0.15) is 0 Å². The van der Waals surface area contributed by atoms with Crippen molar-refractivity contribution in [3.05, 3.63) is 0 Å². The zero-order valence-electron chi connectivity index (χ0n) is 14.6. The molecule has 0 amide bonds. The lowest BCUT2D eigenvalue weighted by molar-refractivity contribution is -0.0622. The summed E-state index contributed by atoms with van der Waals surface area (Å²) in [6, 6.07) is 0. The first-order valence-corrected chi connectivity index (χ1v) is 8.92. The van der Waals surface area contributed by atoms with Gasteiger partial charge in [-0.2, -0.15) is 0 Å². The van der Waals surface area contributed by atoms with Gasteiger partial charge in [0.25, 0.3) is 0 Å². The van der Waals surface area contributed by atoms with Crippen molar-refractivity contribution in [1.29, 1.82) is 0 Å². The van der Waals surface area contributed by atoms with Crippen molar-refractivity contribution in [3.8, 4) is 0 Å². The monoisotopic (exact) mass is 300 g/mol. The number of unbranched alkanes of at least 4 members (excludes halogenated alkanes) is 1. The topological polar surface area (TPSA) is 27.7 Å². The number of hydrogen-bond donors (Lipinski definition) is 0. The highest BCUT2D eigenvalue weighted by atomic mass is 16.5. The van der Waals surface area contributed by atoms with E-state index in [1.165, 1.54) is 25.7 Å². The van der Waals surface area contributed by atoms with E-state index in [9.17, 15) is 0 Å². The molecular weight excluding hydrogens is 264 g/mol. The highest BCUT2D eigenvalue weighted by Crippen LogP contribution is 2.35. The highest BCUT2D eigenvalue weighted by Gasteiger charge is 2.31. The third kappa shape index (κ3) is 8.18.